The first-order chi connectivity index (χ1) is 46.1. The van der Waals surface area contributed by atoms with Crippen molar-refractivity contribution in [1.82, 2.24) is 0 Å². The Morgan fingerprint density at radius 1 is 0.271 bits per heavy atom. The minimum absolute atomic E-state index is 0. The molecule has 10 aromatic rings. The van der Waals surface area contributed by atoms with Crippen molar-refractivity contribution in [2.75, 3.05) is 43.0 Å². The van der Waals surface area contributed by atoms with E-state index in [1.807, 2.05) is 36.4 Å². The van der Waals surface area contributed by atoms with E-state index in [-0.39, 0.29) is 78.1 Å². The molecular weight excluding hydrogens is 1280 g/mol. The Kier molecular flexibility index (Phi) is 26.9. The maximum Gasteiger partial charge on any atom is 0.255 e. The summed E-state index contributed by atoms with van der Waals surface area (Å²) in [6.07, 6.45) is 0. The van der Waals surface area contributed by atoms with Gasteiger partial charge in [-0.25, -0.2) is 0 Å². The third-order valence-electron chi connectivity index (χ3n) is 12.8. The molecule has 10 rings (SSSR count). The van der Waals surface area contributed by atoms with Gasteiger partial charge in [0, 0.05) is 111 Å². The van der Waals surface area contributed by atoms with Crippen molar-refractivity contribution in [2.45, 2.75) is 13.8 Å². The molecule has 0 unspecified atom stereocenters. The highest BCUT2D eigenvalue weighted by atomic mass is 35.5. The van der Waals surface area contributed by atoms with Crippen LogP contribution < -0.4 is 43.0 Å². The number of nitrogens with two attached hydrogens (primary N) is 1. The van der Waals surface area contributed by atoms with Crippen LogP contribution in [0.25, 0.3) is 0 Å². The molecule has 0 spiro atoms. The molecule has 9 N–H and O–H groups in total. The van der Waals surface area contributed by atoms with Crippen LogP contribution in [0.15, 0.2) is 255 Å². The van der Waals surface area contributed by atoms with E-state index in [1.54, 1.807) is 182 Å². The fraction of sp³-hybridized carbons (Fsp3) is 0.0274. The SMILES string of the molecule is Nc1ccc(NC(=O)c2ccccc2)cc1.O=C(Cl)c1cc(C(=O)Cl)cc(C(=O)Cl)c1.O=C(Nc1ccc(NC(=O)c2cc(C(=O)Nc3ccc(NC(=O)c4ccccc4)cc3)cc(C(=O)Nc3ccc(NC(=O)c4ccccc4)cc3)c2)cc1)c1ccccc1.[2H]CC(C)=O.[B]. The Hall–Kier alpha value is -12.1. The molecule has 479 valence electrons. The van der Waals surface area contributed by atoms with Crippen molar-refractivity contribution in [1.29, 1.82) is 0 Å². The maximum absolute atomic E-state index is 13.7. The van der Waals surface area contributed by atoms with Gasteiger partial charge in [0.05, 0.1) is 0 Å². The number of ketones is 1. The second-order valence-corrected chi connectivity index (χ2v) is 21.1. The lowest BCUT2D eigenvalue weighted by atomic mass is 10.0. The molecule has 0 aromatic heterocycles. The van der Waals surface area contributed by atoms with E-state index in [0.717, 1.165) is 5.69 Å². The van der Waals surface area contributed by atoms with Crippen molar-refractivity contribution in [3.63, 3.8) is 0 Å². The van der Waals surface area contributed by atoms with Gasteiger partial charge >= 0.3 is 0 Å². The van der Waals surface area contributed by atoms with E-state index in [1.165, 1.54) is 43.3 Å². The molecule has 0 saturated carbocycles. The third kappa shape index (κ3) is 23.2. The lowest BCUT2D eigenvalue weighted by molar-refractivity contribution is -0.115. The maximum atomic E-state index is 13.7. The normalized spacial score (nSPS) is 10.1. The molecule has 3 radical (unpaired) electrons. The highest BCUT2D eigenvalue weighted by Crippen LogP contribution is 2.23. The van der Waals surface area contributed by atoms with Gasteiger partial charge < -0.3 is 47.7 Å². The zero-order valence-electron chi connectivity index (χ0n) is 51.7. The molecule has 0 aliphatic carbocycles. The second kappa shape index (κ2) is 36.2. The Labute approximate surface area is 569 Å². The zero-order valence-corrected chi connectivity index (χ0v) is 53.0. The largest absolute Gasteiger partial charge is 0.399 e. The van der Waals surface area contributed by atoms with Crippen molar-refractivity contribution in [3.05, 3.63) is 310 Å². The number of nitrogen functional groups attached to an aromatic ring is 1. The smallest absolute Gasteiger partial charge is 0.255 e. The van der Waals surface area contributed by atoms with Crippen LogP contribution in [0, 0.1) is 0 Å². The van der Waals surface area contributed by atoms with Crippen molar-refractivity contribution in [2.24, 2.45) is 0 Å². The van der Waals surface area contributed by atoms with Gasteiger partial charge in [0.25, 0.3) is 57.1 Å². The second-order valence-electron chi connectivity index (χ2n) is 20.1. The van der Waals surface area contributed by atoms with Crippen LogP contribution in [0.2, 0.25) is 0 Å². The van der Waals surface area contributed by atoms with Crippen LogP contribution in [-0.2, 0) is 4.79 Å². The molecular formula is C73H57BCl3N8O11. The van der Waals surface area contributed by atoms with E-state index in [0.29, 0.717) is 62.1 Å². The van der Waals surface area contributed by atoms with Gasteiger partial charge in [0.1, 0.15) is 5.78 Å². The summed E-state index contributed by atoms with van der Waals surface area (Å²) < 4.78 is 6.31. The van der Waals surface area contributed by atoms with Crippen LogP contribution in [0.5, 0.6) is 0 Å². The summed E-state index contributed by atoms with van der Waals surface area (Å²) in [5.41, 5.74) is 11.9. The molecule has 96 heavy (non-hydrogen) atoms. The van der Waals surface area contributed by atoms with Crippen molar-refractivity contribution >= 4 is 152 Å². The van der Waals surface area contributed by atoms with Crippen molar-refractivity contribution in [3.8, 4) is 0 Å². The molecule has 7 amide bonds. The number of hydrogen-bond acceptors (Lipinski definition) is 12. The summed E-state index contributed by atoms with van der Waals surface area (Å²) in [5.74, 6) is -2.86. The fourth-order valence-corrected chi connectivity index (χ4v) is 8.57. The molecule has 0 aliphatic rings. The van der Waals surface area contributed by atoms with Gasteiger partial charge in [-0.1, -0.05) is 72.8 Å². The first-order valence-electron chi connectivity index (χ1n) is 29.1. The molecule has 0 aliphatic heterocycles. The first kappa shape index (κ1) is 71.3. The topological polar surface area (TPSA) is 298 Å². The number of carbonyl (C=O) groups is 11. The minimum atomic E-state index is -0.797. The summed E-state index contributed by atoms with van der Waals surface area (Å²) in [6.45, 7) is 1.31. The van der Waals surface area contributed by atoms with E-state index < -0.39 is 33.4 Å². The molecule has 23 heteroatoms. The highest BCUT2D eigenvalue weighted by Gasteiger charge is 2.19. The van der Waals surface area contributed by atoms with Crippen LogP contribution in [0.1, 0.15) is 119 Å². The summed E-state index contributed by atoms with van der Waals surface area (Å²) >= 11 is 15.6. The highest BCUT2D eigenvalue weighted by molar-refractivity contribution is 6.70. The van der Waals surface area contributed by atoms with Crippen molar-refractivity contribution < 1.29 is 54.1 Å². The monoisotopic (exact) mass is 1340 g/mol. The lowest BCUT2D eigenvalue weighted by Gasteiger charge is -2.13. The van der Waals surface area contributed by atoms with Crippen LogP contribution in [0.3, 0.4) is 0 Å². The summed E-state index contributed by atoms with van der Waals surface area (Å²) in [5, 5.41) is 17.2. The lowest BCUT2D eigenvalue weighted by Crippen LogP contribution is -2.19. The molecule has 0 saturated heterocycles. The summed E-state index contributed by atoms with van der Waals surface area (Å²) in [4.78, 5) is 133. The molecule has 0 atom stereocenters. The number of nitrogens with one attached hydrogen (secondary N) is 7. The Balaban J connectivity index is 0.000000323. The van der Waals surface area contributed by atoms with Gasteiger partial charge in [-0.3, -0.25) is 47.9 Å². The number of carbonyl (C=O) groups excluding carboxylic acids is 11. The minimum Gasteiger partial charge on any atom is -0.399 e. The number of Topliss-reactive ketones (excluding diaryl/α,β-unsaturated/α-hetero) is 1. The molecule has 0 heterocycles. The average molecular weight is 1340 g/mol. The number of hydrogen-bond donors (Lipinski definition) is 8. The standard InChI is InChI=1S/C48H36N6O6.C13H12N2O.C9H3Cl3O3.C3H6O.B/c55-43(31-10-4-1-5-11-31)49-37-16-22-40(23-17-37)52-46(58)34-28-35(47(59)53-41-24-18-38(19-25-41)50-44(56)32-12-6-2-7-13-32)30-36(29-34)48(60)54-42-26-20-39(21-27-42)51-45(57)33-14-8-3-9-15-33;14-11-6-8-12(9-7-11)15-13(16)10-4-2-1-3-5-10;10-7(13)4-1-5(8(11)14)3-6(2-4)9(12)15;1-3(2)4;/h1-30H,(H,49,55)(H,50,56)(H,51,57)(H,52,58)(H,53,59)(H,54,60);1-9H,14H2,(H,15,16);1-3H;1-2H3;/i;;;1D;. The number of amides is 7. The van der Waals surface area contributed by atoms with E-state index >= 15 is 0 Å². The molecule has 0 bridgehead atoms. The van der Waals surface area contributed by atoms with Gasteiger partial charge in [-0.2, -0.15) is 0 Å². The number of benzene rings is 10. The van der Waals surface area contributed by atoms with E-state index in [4.69, 9.17) is 41.9 Å². The van der Waals surface area contributed by atoms with Gasteiger partial charge in [0.15, 0.2) is 0 Å². The predicted molar refractivity (Wildman–Crippen MR) is 377 cm³/mol. The van der Waals surface area contributed by atoms with Gasteiger partial charge in [0.2, 0.25) is 0 Å². The quantitative estimate of drug-likeness (QED) is 0.0240. The Morgan fingerprint density at radius 3 is 0.594 bits per heavy atom. The average Bonchev–Trinajstić information content (AvgIpc) is 0.836. The van der Waals surface area contributed by atoms with Crippen LogP contribution in [-0.4, -0.2) is 71.3 Å². The Bertz CT molecular complexity index is 4060. The van der Waals surface area contributed by atoms with Crippen LogP contribution >= 0.6 is 34.8 Å². The van der Waals surface area contributed by atoms with E-state index in [2.05, 4.69) is 37.2 Å². The molecule has 10 aromatic carbocycles. The summed E-state index contributed by atoms with van der Waals surface area (Å²) in [6, 6.07) is 69.5. The zero-order chi connectivity index (χ0) is 69.1. The Morgan fingerprint density at radius 2 is 0.427 bits per heavy atom. The third-order valence-corrected chi connectivity index (χ3v) is 13.5. The number of rotatable bonds is 17. The van der Waals surface area contributed by atoms with Gasteiger partial charge in [-0.05, 0) is 231 Å². The van der Waals surface area contributed by atoms with Crippen LogP contribution in [0.4, 0.5) is 45.5 Å². The molecule has 19 nitrogen and oxygen atoms in total. The van der Waals surface area contributed by atoms with Gasteiger partial charge in [-0.15, -0.1) is 0 Å². The first-order valence-corrected chi connectivity index (χ1v) is 29.5. The number of anilines is 8. The molecule has 0 fully saturated rings. The fourth-order valence-electron chi connectivity index (χ4n) is 8.25. The summed E-state index contributed by atoms with van der Waals surface area (Å²) in [7, 11) is 0. The predicted octanol–water partition coefficient (Wildman–Crippen LogP) is 14.8. The van der Waals surface area contributed by atoms with E-state index in [9.17, 15) is 52.7 Å². The number of halogens is 3.